The van der Waals surface area contributed by atoms with E-state index in [2.05, 4.69) is 5.32 Å². The number of benzene rings is 4. The fourth-order valence-electron chi connectivity index (χ4n) is 5.10. The van der Waals surface area contributed by atoms with E-state index in [1.807, 2.05) is 75.4 Å². The van der Waals surface area contributed by atoms with Gasteiger partial charge in [-0.3, -0.25) is 13.9 Å². The van der Waals surface area contributed by atoms with Crippen molar-refractivity contribution in [3.63, 3.8) is 0 Å². The van der Waals surface area contributed by atoms with Crippen LogP contribution in [0.1, 0.15) is 34.7 Å². The Kier molecular flexibility index (Phi) is 10.8. The minimum absolute atomic E-state index is 0.0556. The number of sulfonamides is 1. The van der Waals surface area contributed by atoms with Crippen LogP contribution in [0, 0.1) is 20.8 Å². The Morgan fingerprint density at radius 1 is 0.818 bits per heavy atom. The predicted octanol–water partition coefficient (Wildman–Crippen LogP) is 6.24. The Morgan fingerprint density at radius 2 is 1.50 bits per heavy atom. The molecule has 0 aliphatic carbocycles. The van der Waals surface area contributed by atoms with Crippen molar-refractivity contribution in [3.8, 4) is 0 Å². The van der Waals surface area contributed by atoms with Gasteiger partial charge in [0.15, 0.2) is 0 Å². The number of amides is 2. The van der Waals surface area contributed by atoms with Gasteiger partial charge >= 0.3 is 0 Å². The van der Waals surface area contributed by atoms with Crippen molar-refractivity contribution >= 4 is 39.1 Å². The number of aryl methyl sites for hydroxylation is 3. The van der Waals surface area contributed by atoms with E-state index in [4.69, 9.17) is 11.6 Å². The van der Waals surface area contributed by atoms with Gasteiger partial charge in [0, 0.05) is 24.5 Å². The molecule has 7 nitrogen and oxygen atoms in total. The summed E-state index contributed by atoms with van der Waals surface area (Å²) >= 11 is 6.23. The first-order valence-corrected chi connectivity index (χ1v) is 16.3. The zero-order chi connectivity index (χ0) is 31.9. The Morgan fingerprint density at radius 3 is 2.14 bits per heavy atom. The van der Waals surface area contributed by atoms with Gasteiger partial charge in [-0.05, 0) is 74.7 Å². The smallest absolute Gasteiger partial charge is 0.264 e. The molecule has 0 fully saturated rings. The van der Waals surface area contributed by atoms with Crippen LogP contribution in [-0.2, 0) is 32.6 Å². The van der Waals surface area contributed by atoms with E-state index in [1.165, 1.54) is 17.0 Å². The van der Waals surface area contributed by atoms with Crippen molar-refractivity contribution in [1.82, 2.24) is 10.2 Å². The first-order valence-electron chi connectivity index (χ1n) is 14.5. The monoisotopic (exact) mass is 631 g/mol. The highest BCUT2D eigenvalue weighted by molar-refractivity contribution is 7.92. The van der Waals surface area contributed by atoms with Gasteiger partial charge in [0.1, 0.15) is 12.6 Å². The summed E-state index contributed by atoms with van der Waals surface area (Å²) < 4.78 is 29.5. The molecular formula is C35H38ClN3O4S. The Balaban J connectivity index is 1.82. The average molecular weight is 632 g/mol. The van der Waals surface area contributed by atoms with Crippen LogP contribution in [0.5, 0.6) is 0 Å². The summed E-state index contributed by atoms with van der Waals surface area (Å²) in [6.07, 6.45) is 0.259. The minimum Gasteiger partial charge on any atom is -0.355 e. The van der Waals surface area contributed by atoms with Crippen molar-refractivity contribution in [2.45, 2.75) is 51.6 Å². The first kappa shape index (κ1) is 32.8. The van der Waals surface area contributed by atoms with Crippen LogP contribution < -0.4 is 9.62 Å². The number of nitrogens with one attached hydrogen (secondary N) is 1. The number of halogens is 1. The normalized spacial score (nSPS) is 11.9. The third-order valence-electron chi connectivity index (χ3n) is 7.37. The quantitative estimate of drug-likeness (QED) is 0.201. The van der Waals surface area contributed by atoms with E-state index in [9.17, 15) is 18.0 Å². The van der Waals surface area contributed by atoms with Crippen molar-refractivity contribution in [2.24, 2.45) is 0 Å². The topological polar surface area (TPSA) is 86.8 Å². The molecule has 0 aliphatic rings. The number of hydrogen-bond acceptors (Lipinski definition) is 4. The van der Waals surface area contributed by atoms with E-state index < -0.39 is 28.5 Å². The van der Waals surface area contributed by atoms with Gasteiger partial charge < -0.3 is 10.2 Å². The summed E-state index contributed by atoms with van der Waals surface area (Å²) in [6, 6.07) is 27.7. The van der Waals surface area contributed by atoms with E-state index in [0.29, 0.717) is 22.8 Å². The molecule has 0 saturated heterocycles. The first-order chi connectivity index (χ1) is 21.0. The fourth-order valence-corrected chi connectivity index (χ4v) is 6.81. The summed E-state index contributed by atoms with van der Waals surface area (Å²) in [7, 11) is -4.19. The third-order valence-corrected chi connectivity index (χ3v) is 9.38. The molecule has 0 heterocycles. The molecular weight excluding hydrogens is 594 g/mol. The zero-order valence-electron chi connectivity index (χ0n) is 25.5. The van der Waals surface area contributed by atoms with Crippen LogP contribution in [0.4, 0.5) is 5.69 Å². The van der Waals surface area contributed by atoms with E-state index >= 15 is 0 Å². The standard InChI is InChI=1S/C35H38ClN3O4S/c1-5-37-35(41)33(22-28-11-7-6-8-12-28)38(23-29-13-9-10-26(3)20-29)34(40)24-39(32-19-16-30(36)21-27(32)4)44(42,43)31-17-14-25(2)15-18-31/h6-21,33H,5,22-24H2,1-4H3,(H,37,41). The molecule has 0 aromatic heterocycles. The summed E-state index contributed by atoms with van der Waals surface area (Å²) in [5.74, 6) is -0.823. The maximum absolute atomic E-state index is 14.5. The third kappa shape index (κ3) is 8.07. The number of carbonyl (C=O) groups is 2. The Labute approximate surface area is 265 Å². The van der Waals surface area contributed by atoms with Gasteiger partial charge in [-0.25, -0.2) is 8.42 Å². The molecule has 4 aromatic rings. The number of hydrogen-bond donors (Lipinski definition) is 1. The van der Waals surface area contributed by atoms with Crippen molar-refractivity contribution in [3.05, 3.63) is 130 Å². The molecule has 9 heteroatoms. The molecule has 1 unspecified atom stereocenters. The molecule has 4 aromatic carbocycles. The lowest BCUT2D eigenvalue weighted by Gasteiger charge is -2.34. The van der Waals surface area contributed by atoms with E-state index in [-0.39, 0.29) is 23.8 Å². The van der Waals surface area contributed by atoms with Gasteiger partial charge in [0.05, 0.1) is 10.6 Å². The van der Waals surface area contributed by atoms with Crippen LogP contribution in [0.2, 0.25) is 5.02 Å². The van der Waals surface area contributed by atoms with Crippen LogP contribution in [0.25, 0.3) is 0 Å². The van der Waals surface area contributed by atoms with E-state index in [1.54, 1.807) is 37.3 Å². The number of anilines is 1. The van der Waals surface area contributed by atoms with Crippen molar-refractivity contribution in [2.75, 3.05) is 17.4 Å². The molecule has 4 rings (SSSR count). The summed E-state index contributed by atoms with van der Waals surface area (Å²) in [4.78, 5) is 29.6. The van der Waals surface area contributed by atoms with Crippen LogP contribution >= 0.6 is 11.6 Å². The molecule has 0 radical (unpaired) electrons. The number of rotatable bonds is 12. The minimum atomic E-state index is -4.19. The molecule has 230 valence electrons. The Bertz CT molecular complexity index is 1710. The predicted molar refractivity (Wildman–Crippen MR) is 176 cm³/mol. The second-order valence-corrected chi connectivity index (χ2v) is 13.2. The molecule has 44 heavy (non-hydrogen) atoms. The molecule has 1 N–H and O–H groups in total. The molecule has 0 aliphatic heterocycles. The van der Waals surface area contributed by atoms with Crippen LogP contribution in [-0.4, -0.2) is 44.3 Å². The molecule has 2 amide bonds. The maximum atomic E-state index is 14.5. The summed E-state index contributed by atoms with van der Waals surface area (Å²) in [5, 5.41) is 3.33. The van der Waals surface area contributed by atoms with Gasteiger partial charge in [0.25, 0.3) is 10.0 Å². The summed E-state index contributed by atoms with van der Waals surface area (Å²) in [5.41, 5.74) is 4.55. The largest absolute Gasteiger partial charge is 0.355 e. The second-order valence-electron chi connectivity index (χ2n) is 10.9. The van der Waals surface area contributed by atoms with Crippen LogP contribution in [0.3, 0.4) is 0 Å². The number of carbonyl (C=O) groups excluding carboxylic acids is 2. The molecule has 0 spiro atoms. The lowest BCUT2D eigenvalue weighted by molar-refractivity contribution is -0.140. The van der Waals surface area contributed by atoms with Crippen molar-refractivity contribution < 1.29 is 18.0 Å². The zero-order valence-corrected chi connectivity index (χ0v) is 27.0. The SMILES string of the molecule is CCNC(=O)C(Cc1ccccc1)N(Cc1cccc(C)c1)C(=O)CN(c1ccc(Cl)cc1C)S(=O)(=O)c1ccc(C)cc1. The lowest BCUT2D eigenvalue weighted by Crippen LogP contribution is -2.53. The van der Waals surface area contributed by atoms with E-state index in [0.717, 1.165) is 26.6 Å². The lowest BCUT2D eigenvalue weighted by atomic mass is 10.0. The number of nitrogens with zero attached hydrogens (tertiary/aromatic N) is 2. The maximum Gasteiger partial charge on any atom is 0.264 e. The highest BCUT2D eigenvalue weighted by Crippen LogP contribution is 2.30. The average Bonchev–Trinajstić information content (AvgIpc) is 2.99. The van der Waals surface area contributed by atoms with Gasteiger partial charge in [-0.15, -0.1) is 0 Å². The van der Waals surface area contributed by atoms with Crippen molar-refractivity contribution in [1.29, 1.82) is 0 Å². The molecule has 0 saturated carbocycles. The fraction of sp³-hybridized carbons (Fsp3) is 0.257. The Hall–Kier alpha value is -4.14. The highest BCUT2D eigenvalue weighted by Gasteiger charge is 2.35. The van der Waals surface area contributed by atoms with Gasteiger partial charge in [-0.1, -0.05) is 89.5 Å². The molecule has 1 atom stereocenters. The highest BCUT2D eigenvalue weighted by atomic mass is 35.5. The summed E-state index contributed by atoms with van der Waals surface area (Å²) in [6.45, 7) is 7.39. The van der Waals surface area contributed by atoms with Crippen LogP contribution in [0.15, 0.2) is 102 Å². The second kappa shape index (κ2) is 14.6. The van der Waals surface area contributed by atoms with Gasteiger partial charge in [-0.2, -0.15) is 0 Å². The number of likely N-dealkylation sites (N-methyl/N-ethyl adjacent to an activating group) is 1. The van der Waals surface area contributed by atoms with Gasteiger partial charge in [0.2, 0.25) is 11.8 Å². The molecule has 0 bridgehead atoms.